The van der Waals surface area contributed by atoms with Gasteiger partial charge in [0.2, 0.25) is 5.84 Å². The average Bonchev–Trinajstić information content (AvgIpc) is 2.47. The van der Waals surface area contributed by atoms with Crippen molar-refractivity contribution < 1.29 is 14.2 Å². The highest BCUT2D eigenvalue weighted by atomic mass is 32.2. The molecule has 0 bridgehead atoms. The van der Waals surface area contributed by atoms with Crippen molar-refractivity contribution in [3.05, 3.63) is 12.7 Å². The zero-order valence-electron chi connectivity index (χ0n) is 12.7. The van der Waals surface area contributed by atoms with Crippen molar-refractivity contribution in [3.63, 3.8) is 0 Å². The molecule has 2 rings (SSSR count). The van der Waals surface area contributed by atoms with Gasteiger partial charge < -0.3 is 0 Å². The summed E-state index contributed by atoms with van der Waals surface area (Å²) in [7, 11) is 3.12. The minimum Gasteiger partial charge on any atom is -0.255 e. The summed E-state index contributed by atoms with van der Waals surface area (Å²) in [4.78, 5) is 34.6. The quantitative estimate of drug-likeness (QED) is 0.588. The third-order valence-corrected chi connectivity index (χ3v) is 4.34. The maximum absolute atomic E-state index is 12.4. The van der Waals surface area contributed by atoms with Crippen LogP contribution in [-0.4, -0.2) is 58.0 Å². The maximum Gasteiger partial charge on any atom is 0.445 e. The number of imide groups is 1. The number of fused-ring (bicyclic) bond motifs is 1. The number of thioether (sulfide) groups is 1. The van der Waals surface area contributed by atoms with Crippen molar-refractivity contribution in [3.8, 4) is 0 Å². The molecular weight excluding hydrogens is 288 g/mol. The molecule has 0 spiro atoms. The zero-order chi connectivity index (χ0) is 15.7. The second kappa shape index (κ2) is 5.93. The molecule has 0 aromatic rings. The molecule has 0 fully saturated rings. The third-order valence-electron chi connectivity index (χ3n) is 3.32. The van der Waals surface area contributed by atoms with Gasteiger partial charge in [0.15, 0.2) is 5.92 Å². The van der Waals surface area contributed by atoms with E-state index in [-0.39, 0.29) is 17.9 Å². The molecule has 6 nitrogen and oxygen atoms in total. The Morgan fingerprint density at radius 3 is 2.67 bits per heavy atom. The summed E-state index contributed by atoms with van der Waals surface area (Å²) in [5, 5.41) is 0.680. The molecule has 2 aliphatic heterocycles. The van der Waals surface area contributed by atoms with Crippen molar-refractivity contribution in [2.75, 3.05) is 19.8 Å². The molecule has 2 heterocycles. The van der Waals surface area contributed by atoms with E-state index in [2.05, 4.69) is 16.6 Å². The fraction of sp³-hybridized carbons (Fsp3) is 0.500. The Hall–Kier alpha value is -1.76. The van der Waals surface area contributed by atoms with Gasteiger partial charge in [0.1, 0.15) is 5.04 Å². The summed E-state index contributed by atoms with van der Waals surface area (Å²) < 4.78 is 1.43. The molecule has 0 saturated carbocycles. The molecule has 1 atom stereocenters. The molecule has 3 amide bonds. The van der Waals surface area contributed by atoms with E-state index in [1.54, 1.807) is 13.1 Å². The van der Waals surface area contributed by atoms with Gasteiger partial charge in [0.25, 0.3) is 5.84 Å². The van der Waals surface area contributed by atoms with E-state index in [1.165, 1.54) is 23.4 Å². The van der Waals surface area contributed by atoms with Crippen LogP contribution in [0.1, 0.15) is 13.8 Å². The lowest BCUT2D eigenvalue weighted by atomic mass is 10.0. The molecule has 7 heteroatoms. The molecule has 0 aromatic heterocycles. The van der Waals surface area contributed by atoms with Crippen molar-refractivity contribution in [1.82, 2.24) is 4.90 Å². The van der Waals surface area contributed by atoms with E-state index >= 15 is 0 Å². The number of rotatable bonds is 3. The Kier molecular flexibility index (Phi) is 4.41. The van der Waals surface area contributed by atoms with Gasteiger partial charge in [-0.1, -0.05) is 24.9 Å². The lowest BCUT2D eigenvalue weighted by Gasteiger charge is -2.26. The summed E-state index contributed by atoms with van der Waals surface area (Å²) >= 11 is 1.46. The lowest BCUT2D eigenvalue weighted by molar-refractivity contribution is -0.407. The van der Waals surface area contributed by atoms with Gasteiger partial charge in [0.05, 0.1) is 14.1 Å². The summed E-state index contributed by atoms with van der Waals surface area (Å²) in [5.41, 5.74) is 0. The van der Waals surface area contributed by atoms with Gasteiger partial charge in [-0.3, -0.25) is 4.79 Å². The number of amides is 3. The van der Waals surface area contributed by atoms with Crippen LogP contribution in [-0.2, 0) is 4.79 Å². The number of aliphatic imine (C=N–C) groups is 2. The minimum atomic E-state index is -0.592. The first-order valence-electron chi connectivity index (χ1n) is 6.71. The minimum absolute atomic E-state index is 0.121. The fourth-order valence-corrected chi connectivity index (χ4v) is 2.93. The van der Waals surface area contributed by atoms with Crippen LogP contribution in [0.4, 0.5) is 4.79 Å². The monoisotopic (exact) mass is 307 g/mol. The second-order valence-electron chi connectivity index (χ2n) is 5.20. The molecule has 0 N–H and O–H groups in total. The lowest BCUT2D eigenvalue weighted by Crippen LogP contribution is -2.54. The summed E-state index contributed by atoms with van der Waals surface area (Å²) in [6, 6.07) is -0.368. The number of hydrogen-bond acceptors (Lipinski definition) is 5. The highest BCUT2D eigenvalue weighted by Gasteiger charge is 2.49. The van der Waals surface area contributed by atoms with Crippen LogP contribution in [0.25, 0.3) is 0 Å². The van der Waals surface area contributed by atoms with Gasteiger partial charge in [-0.25, -0.2) is 9.79 Å². The Bertz CT molecular complexity index is 604. The van der Waals surface area contributed by atoms with Crippen LogP contribution in [0.15, 0.2) is 22.6 Å². The first-order chi connectivity index (χ1) is 9.88. The Morgan fingerprint density at radius 2 is 2.10 bits per heavy atom. The van der Waals surface area contributed by atoms with Gasteiger partial charge >= 0.3 is 11.9 Å². The van der Waals surface area contributed by atoms with Gasteiger partial charge in [-0.2, -0.15) is 9.48 Å². The summed E-state index contributed by atoms with van der Waals surface area (Å²) in [6.45, 7) is 7.66. The number of nitrogens with zero attached hydrogens (tertiary/aromatic N) is 4. The SMILES string of the molecule is C=CCSC1=NC(C(C)C)=NC2=[N+](C)C(=O)N(C)C(=O)C12. The molecule has 21 heavy (non-hydrogen) atoms. The Morgan fingerprint density at radius 1 is 1.43 bits per heavy atom. The predicted octanol–water partition coefficient (Wildman–Crippen LogP) is 1.62. The number of urea groups is 1. The first-order valence-corrected chi connectivity index (χ1v) is 7.70. The van der Waals surface area contributed by atoms with Crippen LogP contribution in [0.2, 0.25) is 0 Å². The highest BCUT2D eigenvalue weighted by Crippen LogP contribution is 2.26. The molecule has 112 valence electrons. The smallest absolute Gasteiger partial charge is 0.255 e. The van der Waals surface area contributed by atoms with Crippen LogP contribution < -0.4 is 0 Å². The maximum atomic E-state index is 12.4. The molecule has 1 unspecified atom stereocenters. The van der Waals surface area contributed by atoms with E-state index in [9.17, 15) is 9.59 Å². The number of carbonyl (C=O) groups excluding carboxylic acids is 2. The van der Waals surface area contributed by atoms with Crippen LogP contribution in [0.3, 0.4) is 0 Å². The number of carbonyl (C=O) groups is 2. The summed E-state index contributed by atoms with van der Waals surface area (Å²) in [5.74, 6) is 1.01. The number of amidine groups is 2. The van der Waals surface area contributed by atoms with E-state index in [0.717, 1.165) is 4.90 Å². The standard InChI is InChI=1S/C14H19N4O2S/c1-6-7-21-12-9-11(15-10(16-12)8(2)3)17(4)14(20)18(5)13(9)19/h6,8-9H,1,7H2,2-5H3/q+1. The topological polar surface area (TPSA) is 65.1 Å². The van der Waals surface area contributed by atoms with Crippen LogP contribution in [0.5, 0.6) is 0 Å². The van der Waals surface area contributed by atoms with E-state index in [4.69, 9.17) is 0 Å². The molecule has 0 aliphatic carbocycles. The fourth-order valence-electron chi connectivity index (χ4n) is 2.11. The molecule has 0 radical (unpaired) electrons. The van der Waals surface area contributed by atoms with Crippen molar-refractivity contribution in [1.29, 1.82) is 0 Å². The van der Waals surface area contributed by atoms with Crippen molar-refractivity contribution in [2.24, 2.45) is 21.8 Å². The molecule has 0 saturated heterocycles. The van der Waals surface area contributed by atoms with Crippen molar-refractivity contribution >= 4 is 40.4 Å². The van der Waals surface area contributed by atoms with E-state index in [0.29, 0.717) is 22.5 Å². The summed E-state index contributed by atoms with van der Waals surface area (Å²) in [6.07, 6.45) is 1.76. The average molecular weight is 307 g/mol. The zero-order valence-corrected chi connectivity index (χ0v) is 13.5. The normalized spacial score (nSPS) is 22.3. The predicted molar refractivity (Wildman–Crippen MR) is 85.2 cm³/mol. The first kappa shape index (κ1) is 15.6. The Balaban J connectivity index is 2.56. The number of hydrogen-bond donors (Lipinski definition) is 0. The van der Waals surface area contributed by atoms with Crippen molar-refractivity contribution in [2.45, 2.75) is 13.8 Å². The highest BCUT2D eigenvalue weighted by molar-refractivity contribution is 8.14. The van der Waals surface area contributed by atoms with Gasteiger partial charge in [-0.05, 0) is 0 Å². The second-order valence-corrected chi connectivity index (χ2v) is 6.24. The van der Waals surface area contributed by atoms with Crippen LogP contribution >= 0.6 is 11.8 Å². The largest absolute Gasteiger partial charge is 0.445 e. The third kappa shape index (κ3) is 2.70. The van der Waals surface area contributed by atoms with Crippen LogP contribution in [0, 0.1) is 11.8 Å². The van der Waals surface area contributed by atoms with Gasteiger partial charge in [-0.15, -0.1) is 18.3 Å². The molecular formula is C14H19N4O2S+. The molecule has 0 aromatic carbocycles. The van der Waals surface area contributed by atoms with E-state index in [1.807, 2.05) is 13.8 Å². The molecule has 2 aliphatic rings. The van der Waals surface area contributed by atoms with E-state index < -0.39 is 5.92 Å². The van der Waals surface area contributed by atoms with Gasteiger partial charge in [0, 0.05) is 11.7 Å². The Labute approximate surface area is 128 Å².